The molecule has 116 valence electrons. The number of likely N-dealkylation sites (tertiary alicyclic amines) is 1. The van der Waals surface area contributed by atoms with Gasteiger partial charge in [-0.2, -0.15) is 5.10 Å². The van der Waals surface area contributed by atoms with Gasteiger partial charge in [-0.25, -0.2) is 0 Å². The summed E-state index contributed by atoms with van der Waals surface area (Å²) in [6, 6.07) is 2.58. The van der Waals surface area contributed by atoms with Crippen LogP contribution >= 0.6 is 0 Å². The van der Waals surface area contributed by atoms with Crippen LogP contribution in [0.15, 0.2) is 12.3 Å². The highest BCUT2D eigenvalue weighted by Gasteiger charge is 2.31. The van der Waals surface area contributed by atoms with E-state index >= 15 is 0 Å². The molecule has 0 radical (unpaired) electrons. The van der Waals surface area contributed by atoms with Crippen molar-refractivity contribution in [2.45, 2.75) is 63.6 Å². The van der Waals surface area contributed by atoms with Gasteiger partial charge in [-0.15, -0.1) is 0 Å². The van der Waals surface area contributed by atoms with Gasteiger partial charge in [0.25, 0.3) is 0 Å². The smallest absolute Gasteiger partial charge is 0.323 e. The molecule has 0 N–H and O–H groups in total. The fourth-order valence-corrected chi connectivity index (χ4v) is 3.64. The molecule has 1 saturated carbocycles. The number of carbonyl (C=O) groups is 1. The number of aromatic nitrogens is 2. The number of methoxy groups -OCH3 is 1. The Morgan fingerprint density at radius 1 is 1.29 bits per heavy atom. The Hall–Kier alpha value is -1.36. The van der Waals surface area contributed by atoms with Crippen molar-refractivity contribution in [1.82, 2.24) is 14.7 Å². The molecule has 21 heavy (non-hydrogen) atoms. The number of hydrogen-bond donors (Lipinski definition) is 0. The van der Waals surface area contributed by atoms with E-state index in [9.17, 15) is 4.79 Å². The van der Waals surface area contributed by atoms with Gasteiger partial charge in [-0.05, 0) is 38.3 Å². The molecular weight excluding hydrogens is 266 g/mol. The van der Waals surface area contributed by atoms with E-state index in [-0.39, 0.29) is 12.0 Å². The van der Waals surface area contributed by atoms with Crippen molar-refractivity contribution in [3.8, 4) is 0 Å². The molecule has 0 spiro atoms. The van der Waals surface area contributed by atoms with Crippen molar-refractivity contribution in [1.29, 1.82) is 0 Å². The molecule has 1 aliphatic carbocycles. The van der Waals surface area contributed by atoms with Crippen molar-refractivity contribution < 1.29 is 9.53 Å². The van der Waals surface area contributed by atoms with Crippen molar-refractivity contribution in [2.24, 2.45) is 0 Å². The third kappa shape index (κ3) is 3.28. The van der Waals surface area contributed by atoms with Gasteiger partial charge in [0.2, 0.25) is 0 Å². The lowest BCUT2D eigenvalue weighted by atomic mass is 9.96. The summed E-state index contributed by atoms with van der Waals surface area (Å²) in [4.78, 5) is 14.0. The Kier molecular flexibility index (Phi) is 4.58. The monoisotopic (exact) mass is 291 g/mol. The van der Waals surface area contributed by atoms with E-state index in [1.165, 1.54) is 39.2 Å². The zero-order chi connectivity index (χ0) is 14.7. The van der Waals surface area contributed by atoms with Gasteiger partial charge >= 0.3 is 5.97 Å². The largest absolute Gasteiger partial charge is 0.468 e. The number of carbonyl (C=O) groups excluding carboxylic acids is 1. The zero-order valence-corrected chi connectivity index (χ0v) is 12.8. The van der Waals surface area contributed by atoms with Crippen LogP contribution in [0.1, 0.15) is 56.7 Å². The fraction of sp³-hybridized carbons (Fsp3) is 0.750. The molecule has 3 rings (SSSR count). The summed E-state index contributed by atoms with van der Waals surface area (Å²) in [6.45, 7) is 1.70. The van der Waals surface area contributed by atoms with Crippen LogP contribution in [0.25, 0.3) is 0 Å². The molecule has 1 unspecified atom stereocenters. The number of esters is 1. The molecule has 2 heterocycles. The highest BCUT2D eigenvalue weighted by Crippen LogP contribution is 2.28. The molecule has 0 bridgehead atoms. The molecule has 5 nitrogen and oxygen atoms in total. The van der Waals surface area contributed by atoms with Gasteiger partial charge in [0, 0.05) is 12.7 Å². The molecule has 1 aliphatic heterocycles. The summed E-state index contributed by atoms with van der Waals surface area (Å²) < 4.78 is 7.03. The van der Waals surface area contributed by atoms with Crippen molar-refractivity contribution in [3.63, 3.8) is 0 Å². The summed E-state index contributed by atoms with van der Waals surface area (Å²) in [6.07, 6.45) is 10.5. The minimum absolute atomic E-state index is 0.0881. The van der Waals surface area contributed by atoms with Crippen LogP contribution in [0.4, 0.5) is 0 Å². The second kappa shape index (κ2) is 6.60. The number of nitrogens with zero attached hydrogens (tertiary/aromatic N) is 3. The SMILES string of the molecule is COC(=O)C1CCCN1Cc1ccn(C2CCCCC2)n1. The van der Waals surface area contributed by atoms with E-state index in [2.05, 4.69) is 21.8 Å². The van der Waals surface area contributed by atoms with Crippen LogP contribution in [0, 0.1) is 0 Å². The maximum atomic E-state index is 11.8. The van der Waals surface area contributed by atoms with Gasteiger partial charge in [-0.1, -0.05) is 19.3 Å². The van der Waals surface area contributed by atoms with E-state index < -0.39 is 0 Å². The topological polar surface area (TPSA) is 47.4 Å². The molecule has 2 fully saturated rings. The maximum absolute atomic E-state index is 11.8. The maximum Gasteiger partial charge on any atom is 0.323 e. The van der Waals surface area contributed by atoms with E-state index in [0.29, 0.717) is 6.04 Å². The van der Waals surface area contributed by atoms with Crippen molar-refractivity contribution >= 4 is 5.97 Å². The van der Waals surface area contributed by atoms with Crippen molar-refractivity contribution in [3.05, 3.63) is 18.0 Å². The molecule has 0 aromatic carbocycles. The first-order valence-electron chi connectivity index (χ1n) is 8.14. The molecule has 2 aliphatic rings. The van der Waals surface area contributed by atoms with Gasteiger partial charge in [0.1, 0.15) is 6.04 Å². The molecule has 1 saturated heterocycles. The van der Waals surface area contributed by atoms with Gasteiger partial charge in [0.15, 0.2) is 0 Å². The predicted octanol–water partition coefficient (Wildman–Crippen LogP) is 2.53. The zero-order valence-electron chi connectivity index (χ0n) is 12.8. The second-order valence-corrected chi connectivity index (χ2v) is 6.23. The van der Waals surface area contributed by atoms with Crippen LogP contribution < -0.4 is 0 Å². The Labute approximate surface area is 126 Å². The quantitative estimate of drug-likeness (QED) is 0.800. The van der Waals surface area contributed by atoms with Crippen LogP contribution in [0.5, 0.6) is 0 Å². The van der Waals surface area contributed by atoms with Crippen molar-refractivity contribution in [2.75, 3.05) is 13.7 Å². The summed E-state index contributed by atoms with van der Waals surface area (Å²) in [5.41, 5.74) is 1.07. The third-order valence-electron chi connectivity index (χ3n) is 4.81. The van der Waals surface area contributed by atoms with Crippen LogP contribution in [-0.4, -0.2) is 40.3 Å². The Bertz CT molecular complexity index is 480. The normalized spacial score (nSPS) is 24.3. The van der Waals surface area contributed by atoms with E-state index in [0.717, 1.165) is 31.6 Å². The minimum atomic E-state index is -0.112. The lowest BCUT2D eigenvalue weighted by molar-refractivity contribution is -0.146. The second-order valence-electron chi connectivity index (χ2n) is 6.23. The van der Waals surface area contributed by atoms with Gasteiger partial charge in [0.05, 0.1) is 18.8 Å². The first-order valence-corrected chi connectivity index (χ1v) is 8.14. The highest BCUT2D eigenvalue weighted by molar-refractivity contribution is 5.75. The standard InChI is InChI=1S/C16H25N3O2/c1-21-16(20)15-8-5-10-18(15)12-13-9-11-19(17-13)14-6-3-2-4-7-14/h9,11,14-15H,2-8,10,12H2,1H3. The molecule has 5 heteroatoms. The lowest BCUT2D eigenvalue weighted by Gasteiger charge is -2.22. The van der Waals surface area contributed by atoms with Crippen LogP contribution in [-0.2, 0) is 16.1 Å². The summed E-state index contributed by atoms with van der Waals surface area (Å²) in [5.74, 6) is -0.112. The first-order chi connectivity index (χ1) is 10.3. The number of hydrogen-bond acceptors (Lipinski definition) is 4. The Morgan fingerprint density at radius 3 is 2.86 bits per heavy atom. The average molecular weight is 291 g/mol. The summed E-state index contributed by atoms with van der Waals surface area (Å²) >= 11 is 0. The first kappa shape index (κ1) is 14.6. The molecular formula is C16H25N3O2. The fourth-order valence-electron chi connectivity index (χ4n) is 3.64. The van der Waals surface area contributed by atoms with Gasteiger partial charge < -0.3 is 4.74 Å². The third-order valence-corrected chi connectivity index (χ3v) is 4.81. The Morgan fingerprint density at radius 2 is 2.10 bits per heavy atom. The minimum Gasteiger partial charge on any atom is -0.468 e. The average Bonchev–Trinajstić information content (AvgIpc) is 3.17. The Balaban J connectivity index is 1.62. The van der Waals surface area contributed by atoms with E-state index in [1.807, 2.05) is 0 Å². The van der Waals surface area contributed by atoms with Crippen LogP contribution in [0.3, 0.4) is 0 Å². The van der Waals surface area contributed by atoms with E-state index in [4.69, 9.17) is 9.84 Å². The number of rotatable bonds is 4. The molecule has 1 aromatic heterocycles. The van der Waals surface area contributed by atoms with Crippen LogP contribution in [0.2, 0.25) is 0 Å². The lowest BCUT2D eigenvalue weighted by Crippen LogP contribution is -2.36. The number of ether oxygens (including phenoxy) is 1. The molecule has 1 aromatic rings. The predicted molar refractivity (Wildman–Crippen MR) is 79.8 cm³/mol. The summed E-state index contributed by atoms with van der Waals surface area (Å²) in [5, 5.41) is 4.74. The molecule has 0 amide bonds. The molecule has 1 atom stereocenters. The highest BCUT2D eigenvalue weighted by atomic mass is 16.5. The summed E-state index contributed by atoms with van der Waals surface area (Å²) in [7, 11) is 1.47. The van der Waals surface area contributed by atoms with E-state index in [1.54, 1.807) is 0 Å². The van der Waals surface area contributed by atoms with Gasteiger partial charge in [-0.3, -0.25) is 14.4 Å².